The number of thiazole rings is 1. The van der Waals surface area contributed by atoms with Crippen LogP contribution in [0.3, 0.4) is 0 Å². The highest BCUT2D eigenvalue weighted by atomic mass is 32.1. The molecular weight excluding hydrogens is 270 g/mol. The molecule has 1 N–H and O–H groups in total. The topological polar surface area (TPSA) is 65.8 Å². The largest absolute Gasteiger partial charge is 0.326 e. The van der Waals surface area contributed by atoms with Crippen LogP contribution in [-0.2, 0) is 17.6 Å². The van der Waals surface area contributed by atoms with Crippen molar-refractivity contribution in [2.45, 2.75) is 19.3 Å². The van der Waals surface area contributed by atoms with Crippen molar-refractivity contribution in [3.8, 4) is 6.07 Å². The molecule has 0 saturated carbocycles. The summed E-state index contributed by atoms with van der Waals surface area (Å²) in [6.07, 6.45) is 2.51. The van der Waals surface area contributed by atoms with Crippen LogP contribution in [0.1, 0.15) is 22.6 Å². The number of amides is 1. The van der Waals surface area contributed by atoms with Gasteiger partial charge in [0.15, 0.2) is 0 Å². The number of fused-ring (bicyclic) bond motifs is 1. The Labute approximate surface area is 121 Å². The van der Waals surface area contributed by atoms with Crippen LogP contribution >= 0.6 is 11.3 Å². The molecule has 1 unspecified atom stereocenters. The summed E-state index contributed by atoms with van der Waals surface area (Å²) in [5.74, 6) is 0.0624. The summed E-state index contributed by atoms with van der Waals surface area (Å²) in [6.45, 7) is 0. The van der Waals surface area contributed by atoms with E-state index in [2.05, 4.69) is 16.4 Å². The Balaban J connectivity index is 1.66. The maximum Gasteiger partial charge on any atom is 0.227 e. The van der Waals surface area contributed by atoms with E-state index in [0.29, 0.717) is 5.56 Å². The number of hydrogen-bond acceptors (Lipinski definition) is 4. The number of aryl methyl sites for hydroxylation is 1. The second kappa shape index (κ2) is 5.43. The molecule has 0 saturated heterocycles. The minimum atomic E-state index is 0.0126. The zero-order valence-electron chi connectivity index (χ0n) is 10.8. The van der Waals surface area contributed by atoms with Gasteiger partial charge >= 0.3 is 0 Å². The van der Waals surface area contributed by atoms with Crippen LogP contribution in [0, 0.1) is 17.2 Å². The van der Waals surface area contributed by atoms with Gasteiger partial charge in [-0.1, -0.05) is 0 Å². The maximum absolute atomic E-state index is 12.3. The van der Waals surface area contributed by atoms with E-state index in [0.717, 1.165) is 30.6 Å². The van der Waals surface area contributed by atoms with Gasteiger partial charge in [-0.05, 0) is 43.5 Å². The molecule has 0 bridgehead atoms. The first-order chi connectivity index (χ1) is 9.76. The third kappa shape index (κ3) is 2.56. The number of nitrogens with zero attached hydrogens (tertiary/aromatic N) is 2. The van der Waals surface area contributed by atoms with E-state index >= 15 is 0 Å². The lowest BCUT2D eigenvalue weighted by molar-refractivity contribution is -0.120. The summed E-state index contributed by atoms with van der Waals surface area (Å²) in [6, 6.07) is 9.00. The predicted octanol–water partition coefficient (Wildman–Crippen LogP) is 2.76. The van der Waals surface area contributed by atoms with Crippen molar-refractivity contribution in [2.75, 3.05) is 5.32 Å². The first-order valence-electron chi connectivity index (χ1n) is 6.48. The van der Waals surface area contributed by atoms with Crippen molar-refractivity contribution in [1.82, 2.24) is 4.98 Å². The van der Waals surface area contributed by atoms with Crippen molar-refractivity contribution in [3.05, 3.63) is 45.9 Å². The lowest BCUT2D eigenvalue weighted by Gasteiger charge is -2.20. The molecule has 5 heteroatoms. The summed E-state index contributed by atoms with van der Waals surface area (Å²) in [7, 11) is 0. The molecule has 1 aliphatic rings. The van der Waals surface area contributed by atoms with Gasteiger partial charge in [-0.2, -0.15) is 5.26 Å². The summed E-state index contributed by atoms with van der Waals surface area (Å²) in [5.41, 5.74) is 4.34. The van der Waals surface area contributed by atoms with E-state index < -0.39 is 0 Å². The number of benzene rings is 1. The van der Waals surface area contributed by atoms with Crippen LogP contribution in [-0.4, -0.2) is 10.9 Å². The Morgan fingerprint density at radius 3 is 2.95 bits per heavy atom. The predicted molar refractivity (Wildman–Crippen MR) is 77.4 cm³/mol. The minimum absolute atomic E-state index is 0.0126. The van der Waals surface area contributed by atoms with Gasteiger partial charge < -0.3 is 5.32 Å². The third-order valence-corrected chi connectivity index (χ3v) is 4.44. The van der Waals surface area contributed by atoms with Gasteiger partial charge in [-0.15, -0.1) is 11.3 Å². The standard InChI is InChI=1S/C15H13N3OS/c16-8-10-1-4-12(5-2-10)18-15(19)11-3-6-13-14(7-11)20-9-17-13/h1-2,4-5,9,11H,3,6-7H2,(H,18,19). The normalized spacial score (nSPS) is 17.1. The Morgan fingerprint density at radius 2 is 2.20 bits per heavy atom. The molecule has 1 aromatic carbocycles. The molecule has 0 fully saturated rings. The fourth-order valence-corrected chi connectivity index (χ4v) is 3.29. The van der Waals surface area contributed by atoms with E-state index in [4.69, 9.17) is 5.26 Å². The molecular formula is C15H13N3OS. The SMILES string of the molecule is N#Cc1ccc(NC(=O)C2CCc3ncsc3C2)cc1. The van der Waals surface area contributed by atoms with Gasteiger partial charge in [0.2, 0.25) is 5.91 Å². The van der Waals surface area contributed by atoms with Crippen molar-refractivity contribution in [2.24, 2.45) is 5.92 Å². The number of hydrogen-bond donors (Lipinski definition) is 1. The molecule has 1 heterocycles. The highest BCUT2D eigenvalue weighted by Gasteiger charge is 2.26. The molecule has 1 aromatic heterocycles. The van der Waals surface area contributed by atoms with E-state index in [1.54, 1.807) is 35.6 Å². The smallest absolute Gasteiger partial charge is 0.227 e. The van der Waals surface area contributed by atoms with Crippen LogP contribution in [0.4, 0.5) is 5.69 Å². The lowest BCUT2D eigenvalue weighted by atomic mass is 9.90. The van der Waals surface area contributed by atoms with Crippen LogP contribution in [0.5, 0.6) is 0 Å². The van der Waals surface area contributed by atoms with Crippen molar-refractivity contribution in [1.29, 1.82) is 5.26 Å². The zero-order chi connectivity index (χ0) is 13.9. The van der Waals surface area contributed by atoms with Crippen molar-refractivity contribution < 1.29 is 4.79 Å². The van der Waals surface area contributed by atoms with E-state index in [1.807, 2.05) is 5.51 Å². The number of carbonyl (C=O) groups excluding carboxylic acids is 1. The van der Waals surface area contributed by atoms with Gasteiger partial charge in [0, 0.05) is 16.5 Å². The number of aromatic nitrogens is 1. The highest BCUT2D eigenvalue weighted by Crippen LogP contribution is 2.28. The van der Waals surface area contributed by atoms with Crippen molar-refractivity contribution >= 4 is 22.9 Å². The number of anilines is 1. The first kappa shape index (κ1) is 12.8. The molecule has 0 radical (unpaired) electrons. The summed E-state index contributed by atoms with van der Waals surface area (Å²) in [4.78, 5) is 17.8. The number of rotatable bonds is 2. The first-order valence-corrected chi connectivity index (χ1v) is 7.36. The molecule has 1 amide bonds. The fourth-order valence-electron chi connectivity index (χ4n) is 2.40. The van der Waals surface area contributed by atoms with Gasteiger partial charge in [0.1, 0.15) is 0 Å². The average molecular weight is 283 g/mol. The number of carbonyl (C=O) groups is 1. The van der Waals surface area contributed by atoms with Crippen LogP contribution < -0.4 is 5.32 Å². The van der Waals surface area contributed by atoms with Crippen LogP contribution in [0.25, 0.3) is 0 Å². The minimum Gasteiger partial charge on any atom is -0.326 e. The van der Waals surface area contributed by atoms with Crippen LogP contribution in [0.15, 0.2) is 29.8 Å². The van der Waals surface area contributed by atoms with Gasteiger partial charge in [0.25, 0.3) is 0 Å². The molecule has 0 aliphatic heterocycles. The fraction of sp³-hybridized carbons (Fsp3) is 0.267. The Morgan fingerprint density at radius 1 is 1.40 bits per heavy atom. The highest BCUT2D eigenvalue weighted by molar-refractivity contribution is 7.09. The summed E-state index contributed by atoms with van der Waals surface area (Å²) < 4.78 is 0. The number of nitrogens with one attached hydrogen (secondary N) is 1. The maximum atomic E-state index is 12.3. The average Bonchev–Trinajstić information content (AvgIpc) is 2.95. The van der Waals surface area contributed by atoms with E-state index in [-0.39, 0.29) is 11.8 Å². The Bertz CT molecular complexity index is 669. The number of nitriles is 1. The second-order valence-electron chi connectivity index (χ2n) is 4.84. The molecule has 20 heavy (non-hydrogen) atoms. The molecule has 1 aliphatic carbocycles. The molecule has 0 spiro atoms. The Hall–Kier alpha value is -2.19. The van der Waals surface area contributed by atoms with E-state index in [9.17, 15) is 4.79 Å². The monoisotopic (exact) mass is 283 g/mol. The lowest BCUT2D eigenvalue weighted by Crippen LogP contribution is -2.27. The molecule has 3 rings (SSSR count). The second-order valence-corrected chi connectivity index (χ2v) is 5.78. The van der Waals surface area contributed by atoms with Gasteiger partial charge in [-0.25, -0.2) is 4.98 Å². The van der Waals surface area contributed by atoms with Crippen LogP contribution in [0.2, 0.25) is 0 Å². The van der Waals surface area contributed by atoms with Gasteiger partial charge in [-0.3, -0.25) is 4.79 Å². The van der Waals surface area contributed by atoms with Gasteiger partial charge in [0.05, 0.1) is 22.8 Å². The molecule has 2 aromatic rings. The summed E-state index contributed by atoms with van der Waals surface area (Å²) in [5, 5.41) is 11.7. The molecule has 1 atom stereocenters. The van der Waals surface area contributed by atoms with E-state index in [1.165, 1.54) is 4.88 Å². The van der Waals surface area contributed by atoms with Crippen molar-refractivity contribution in [3.63, 3.8) is 0 Å². The summed E-state index contributed by atoms with van der Waals surface area (Å²) >= 11 is 1.63. The Kier molecular flexibility index (Phi) is 3.48. The third-order valence-electron chi connectivity index (χ3n) is 3.54. The quantitative estimate of drug-likeness (QED) is 0.921. The molecule has 100 valence electrons. The molecule has 4 nitrogen and oxygen atoms in total. The zero-order valence-corrected chi connectivity index (χ0v) is 11.6.